The molecule has 3 N–H and O–H groups in total. The van der Waals surface area contributed by atoms with Crippen LogP contribution in [0.15, 0.2) is 73.4 Å². The van der Waals surface area contributed by atoms with Crippen LogP contribution in [0.2, 0.25) is 0 Å². The second-order valence-electron chi connectivity index (χ2n) is 14.6. The number of anilines is 2. The molecule has 0 aliphatic carbocycles. The van der Waals surface area contributed by atoms with Crippen LogP contribution in [0, 0.1) is 0 Å². The zero-order valence-electron chi connectivity index (χ0n) is 31.9. The second-order valence-corrected chi connectivity index (χ2v) is 14.6. The van der Waals surface area contributed by atoms with E-state index >= 15 is 0 Å². The summed E-state index contributed by atoms with van der Waals surface area (Å²) in [6.45, 7) is 10.3. The Balaban J connectivity index is 1.36. The molecule has 14 nitrogen and oxygen atoms in total. The molecule has 288 valence electrons. The quantitative estimate of drug-likeness (QED) is 0.156. The normalized spacial score (nSPS) is 16.6. The number of hydrogen-bond acceptors (Lipinski definition) is 9. The Morgan fingerprint density at radius 1 is 0.982 bits per heavy atom. The molecule has 1 fully saturated rings. The number of likely N-dealkylation sites (tertiary alicyclic amines) is 1. The van der Waals surface area contributed by atoms with Crippen LogP contribution in [0.4, 0.5) is 16.3 Å². The van der Waals surface area contributed by atoms with Crippen molar-refractivity contribution in [3.05, 3.63) is 95.8 Å². The Morgan fingerprint density at radius 3 is 2.40 bits per heavy atom. The van der Waals surface area contributed by atoms with Gasteiger partial charge in [0, 0.05) is 71.6 Å². The summed E-state index contributed by atoms with van der Waals surface area (Å²) in [6.07, 6.45) is 3.69. The molecule has 1 saturated heterocycles. The third-order valence-electron chi connectivity index (χ3n) is 9.64. The Morgan fingerprint density at radius 2 is 1.73 bits per heavy atom. The van der Waals surface area contributed by atoms with E-state index in [1.807, 2.05) is 26.8 Å². The maximum absolute atomic E-state index is 14.5. The van der Waals surface area contributed by atoms with E-state index in [0.717, 1.165) is 11.8 Å². The smallest absolute Gasteiger partial charge is 0.410 e. The lowest BCUT2D eigenvalue weighted by atomic mass is 9.73. The van der Waals surface area contributed by atoms with Gasteiger partial charge in [0.2, 0.25) is 5.91 Å². The van der Waals surface area contributed by atoms with Crippen LogP contribution in [-0.2, 0) is 21.5 Å². The number of piperidine rings is 1. The zero-order chi connectivity index (χ0) is 39.5. The number of aromatic nitrogens is 2. The van der Waals surface area contributed by atoms with Crippen LogP contribution < -0.4 is 24.8 Å². The summed E-state index contributed by atoms with van der Waals surface area (Å²) in [4.78, 5) is 64.4. The van der Waals surface area contributed by atoms with Crippen LogP contribution in [0.5, 0.6) is 17.2 Å². The van der Waals surface area contributed by atoms with Crippen molar-refractivity contribution in [2.45, 2.75) is 51.2 Å². The third kappa shape index (κ3) is 8.27. The Bertz CT molecular complexity index is 2110. The number of pyridine rings is 1. The fraction of sp³-hybridized carbons (Fsp3) is 0.341. The average molecular weight is 751 g/mol. The number of amides is 4. The maximum atomic E-state index is 14.5. The van der Waals surface area contributed by atoms with Gasteiger partial charge in [-0.25, -0.2) is 9.78 Å². The maximum Gasteiger partial charge on any atom is 0.410 e. The molecule has 0 radical (unpaired) electrons. The van der Waals surface area contributed by atoms with Crippen molar-refractivity contribution >= 4 is 35.3 Å². The Hall–Kier alpha value is -6.31. The number of ether oxygens (including phenoxy) is 4. The first-order valence-electron chi connectivity index (χ1n) is 17.9. The number of hydrogen-bond donors (Lipinski definition) is 3. The van der Waals surface area contributed by atoms with Gasteiger partial charge < -0.3 is 44.4 Å². The molecule has 1 spiro atoms. The summed E-state index contributed by atoms with van der Waals surface area (Å²) in [5.41, 5.74) is 2.61. The highest BCUT2D eigenvalue weighted by molar-refractivity contribution is 6.06. The SMILES string of the molecule is C=CC(=O)Nc1cccc(C(=O)Nc2cc(-c3cc4c([nH]3)C3(CCCN(C(=O)OC(C)(C)C)C3)CN(Cc3c(OC)cc(OC)cc3OC)C4=O)ccn2)c1. The molecule has 55 heavy (non-hydrogen) atoms. The van der Waals surface area contributed by atoms with Gasteiger partial charge in [-0.05, 0) is 76.1 Å². The first-order valence-corrected chi connectivity index (χ1v) is 17.9. The molecule has 4 amide bonds. The molecule has 2 aromatic carbocycles. The molecular formula is C41H46N6O8. The highest BCUT2D eigenvalue weighted by atomic mass is 16.6. The lowest BCUT2D eigenvalue weighted by molar-refractivity contribution is -0.111. The van der Waals surface area contributed by atoms with Gasteiger partial charge in [0.15, 0.2) is 0 Å². The first-order chi connectivity index (χ1) is 26.3. The van der Waals surface area contributed by atoms with Crippen molar-refractivity contribution in [1.29, 1.82) is 0 Å². The van der Waals surface area contributed by atoms with E-state index in [1.54, 1.807) is 85.9 Å². The molecule has 0 bridgehead atoms. The van der Waals surface area contributed by atoms with Gasteiger partial charge in [0.05, 0.1) is 39.0 Å². The van der Waals surface area contributed by atoms with Gasteiger partial charge in [-0.2, -0.15) is 0 Å². The van der Waals surface area contributed by atoms with Crippen LogP contribution in [0.1, 0.15) is 65.6 Å². The highest BCUT2D eigenvalue weighted by Crippen LogP contribution is 2.44. The van der Waals surface area contributed by atoms with E-state index in [2.05, 4.69) is 27.2 Å². The van der Waals surface area contributed by atoms with Gasteiger partial charge in [0.25, 0.3) is 11.8 Å². The monoisotopic (exact) mass is 750 g/mol. The molecule has 2 aliphatic heterocycles. The van der Waals surface area contributed by atoms with Gasteiger partial charge in [-0.3, -0.25) is 14.4 Å². The summed E-state index contributed by atoms with van der Waals surface area (Å²) in [7, 11) is 4.67. The van der Waals surface area contributed by atoms with Gasteiger partial charge in [-0.15, -0.1) is 0 Å². The van der Waals surface area contributed by atoms with Crippen molar-refractivity contribution in [3.63, 3.8) is 0 Å². The molecule has 1 atom stereocenters. The summed E-state index contributed by atoms with van der Waals surface area (Å²) in [5, 5.41) is 5.48. The van der Waals surface area contributed by atoms with Gasteiger partial charge in [0.1, 0.15) is 28.7 Å². The van der Waals surface area contributed by atoms with Crippen LogP contribution in [-0.4, -0.2) is 90.1 Å². The minimum absolute atomic E-state index is 0.174. The Kier molecular flexibility index (Phi) is 10.9. The zero-order valence-corrected chi connectivity index (χ0v) is 31.9. The lowest BCUT2D eigenvalue weighted by Crippen LogP contribution is -2.58. The summed E-state index contributed by atoms with van der Waals surface area (Å²) < 4.78 is 22.7. The largest absolute Gasteiger partial charge is 0.496 e. The highest BCUT2D eigenvalue weighted by Gasteiger charge is 2.48. The fourth-order valence-corrected chi connectivity index (χ4v) is 7.17. The molecule has 2 aliphatic rings. The standard InChI is InChI=1S/C41H46N6O8/c1-8-35(48)43-27-12-9-11-26(17-27)37(49)45-34-18-25(13-15-42-34)31-21-29-36(44-31)41(14-10-16-46(23-41)39(51)55-40(2,3)4)24-47(38(29)50)22-30-32(53-6)19-28(52-5)20-33(30)54-7/h8-9,11-13,15,17-21,44H,1,10,14,16,22-24H2,2-7H3,(H,43,48)(H,42,45,49). The van der Waals surface area contributed by atoms with E-state index < -0.39 is 28.9 Å². The van der Waals surface area contributed by atoms with Crippen molar-refractivity contribution < 1.29 is 38.1 Å². The van der Waals surface area contributed by atoms with Crippen molar-refractivity contribution in [1.82, 2.24) is 19.8 Å². The average Bonchev–Trinajstić information content (AvgIpc) is 3.64. The predicted molar refractivity (Wildman–Crippen MR) is 207 cm³/mol. The summed E-state index contributed by atoms with van der Waals surface area (Å²) in [6, 6.07) is 15.3. The summed E-state index contributed by atoms with van der Waals surface area (Å²) >= 11 is 0. The van der Waals surface area contributed by atoms with Gasteiger partial charge >= 0.3 is 6.09 Å². The number of carbonyl (C=O) groups excluding carboxylic acids is 4. The molecule has 4 heterocycles. The van der Waals surface area contributed by atoms with E-state index in [1.165, 1.54) is 0 Å². The number of methoxy groups -OCH3 is 3. The number of nitrogens with zero attached hydrogens (tertiary/aromatic N) is 3. The summed E-state index contributed by atoms with van der Waals surface area (Å²) in [5.74, 6) is 0.831. The molecule has 0 saturated carbocycles. The van der Waals surface area contributed by atoms with E-state index in [-0.39, 0.29) is 18.3 Å². The van der Waals surface area contributed by atoms with Gasteiger partial charge in [-0.1, -0.05) is 12.6 Å². The number of nitrogens with one attached hydrogen (secondary N) is 3. The Labute approximate surface area is 319 Å². The van der Waals surface area contributed by atoms with E-state index in [0.29, 0.717) is 83.4 Å². The number of aromatic amines is 1. The molecule has 1 unspecified atom stereocenters. The molecular weight excluding hydrogens is 704 g/mol. The molecule has 14 heteroatoms. The minimum Gasteiger partial charge on any atom is -0.496 e. The van der Waals surface area contributed by atoms with E-state index in [4.69, 9.17) is 18.9 Å². The number of benzene rings is 2. The molecule has 2 aromatic heterocycles. The van der Waals surface area contributed by atoms with Crippen molar-refractivity contribution in [2.75, 3.05) is 51.6 Å². The second kappa shape index (κ2) is 15.6. The number of rotatable bonds is 10. The third-order valence-corrected chi connectivity index (χ3v) is 9.64. The van der Waals surface area contributed by atoms with Crippen LogP contribution >= 0.6 is 0 Å². The molecule has 4 aromatic rings. The van der Waals surface area contributed by atoms with Crippen molar-refractivity contribution in [3.8, 4) is 28.5 Å². The fourth-order valence-electron chi connectivity index (χ4n) is 7.17. The van der Waals surface area contributed by atoms with Crippen LogP contribution in [0.3, 0.4) is 0 Å². The van der Waals surface area contributed by atoms with Crippen molar-refractivity contribution in [2.24, 2.45) is 0 Å². The lowest BCUT2D eigenvalue weighted by Gasteiger charge is -2.47. The molecule has 6 rings (SSSR count). The minimum atomic E-state index is -0.679. The number of fused-ring (bicyclic) bond motifs is 2. The predicted octanol–water partition coefficient (Wildman–Crippen LogP) is 6.40. The number of carbonyl (C=O) groups is 4. The number of H-pyrrole nitrogens is 1. The topological polar surface area (TPSA) is 164 Å². The first kappa shape index (κ1) is 38.4. The van der Waals surface area contributed by atoms with E-state index in [9.17, 15) is 19.2 Å². The van der Waals surface area contributed by atoms with Crippen LogP contribution in [0.25, 0.3) is 11.3 Å².